The number of halogens is 1. The van der Waals surface area contributed by atoms with Crippen molar-refractivity contribution in [2.24, 2.45) is 5.92 Å². The first-order chi connectivity index (χ1) is 6.72. The van der Waals surface area contributed by atoms with Gasteiger partial charge in [0, 0.05) is 20.6 Å². The molecule has 1 aliphatic rings. The van der Waals surface area contributed by atoms with Gasteiger partial charge in [-0.2, -0.15) is 0 Å². The van der Waals surface area contributed by atoms with Crippen LogP contribution in [0.2, 0.25) is 0 Å². The molecular weight excluding hydrogens is 206 g/mol. The second-order valence-electron chi connectivity index (χ2n) is 5.51. The topological polar surface area (TPSA) is 0 Å². The molecule has 3 unspecified atom stereocenters. The molecule has 0 aliphatic heterocycles. The fraction of sp³-hybridized carbons (Fsp3) is 0.692. The Hall–Kier alpha value is -0.160. The van der Waals surface area contributed by atoms with E-state index in [1.165, 1.54) is 5.57 Å². The number of rotatable bonds is 4. The van der Waals surface area contributed by atoms with Crippen molar-refractivity contribution in [3.05, 3.63) is 24.3 Å². The largest absolute Gasteiger partial charge is 0.239 e. The van der Waals surface area contributed by atoms with E-state index in [4.69, 9.17) is 0 Å². The first-order valence-electron chi connectivity index (χ1n) is 5.54. The second kappa shape index (κ2) is 4.01. The standard InChI is InChI=1S/C13H23FP/c1-7-8-15(5,6)11(3)12-10(2)9-13(12,4)14/h7,9,11-12H,1,8H2,2-6H3/q+1. The number of allylic oxidation sites excluding steroid dienone is 3. The van der Waals surface area contributed by atoms with Gasteiger partial charge in [0.2, 0.25) is 0 Å². The van der Waals surface area contributed by atoms with Gasteiger partial charge in [0.1, 0.15) is 5.67 Å². The molecule has 0 aromatic carbocycles. The molecule has 0 N–H and O–H groups in total. The van der Waals surface area contributed by atoms with Crippen LogP contribution in [0, 0.1) is 5.92 Å². The molecule has 0 spiro atoms. The maximum absolute atomic E-state index is 14.1. The highest BCUT2D eigenvalue weighted by atomic mass is 31.2. The van der Waals surface area contributed by atoms with Crippen molar-refractivity contribution in [2.75, 3.05) is 19.5 Å². The van der Waals surface area contributed by atoms with Crippen LogP contribution in [-0.4, -0.2) is 30.8 Å². The Morgan fingerprint density at radius 2 is 2.20 bits per heavy atom. The first-order valence-corrected chi connectivity index (χ1v) is 8.48. The van der Waals surface area contributed by atoms with Crippen LogP contribution in [0.4, 0.5) is 4.39 Å². The van der Waals surface area contributed by atoms with Crippen molar-refractivity contribution in [2.45, 2.75) is 32.1 Å². The van der Waals surface area contributed by atoms with Crippen LogP contribution in [0.3, 0.4) is 0 Å². The summed E-state index contributed by atoms with van der Waals surface area (Å²) in [5.41, 5.74) is 0.599. The van der Waals surface area contributed by atoms with Crippen molar-refractivity contribution >= 4 is 7.26 Å². The Labute approximate surface area is 94.0 Å². The van der Waals surface area contributed by atoms with Crippen LogP contribution in [0.1, 0.15) is 20.8 Å². The summed E-state index contributed by atoms with van der Waals surface area (Å²) in [5, 5.41) is 0. The molecule has 1 aliphatic carbocycles. The summed E-state index contributed by atoms with van der Waals surface area (Å²) in [6, 6.07) is 0. The monoisotopic (exact) mass is 229 g/mol. The van der Waals surface area contributed by atoms with E-state index < -0.39 is 12.9 Å². The highest BCUT2D eigenvalue weighted by Gasteiger charge is 2.51. The average molecular weight is 229 g/mol. The van der Waals surface area contributed by atoms with Gasteiger partial charge >= 0.3 is 0 Å². The van der Waals surface area contributed by atoms with Gasteiger partial charge in [-0.25, -0.2) is 4.39 Å². The Morgan fingerprint density at radius 1 is 1.67 bits per heavy atom. The minimum absolute atomic E-state index is 0.126. The van der Waals surface area contributed by atoms with Crippen LogP contribution in [0.5, 0.6) is 0 Å². The Morgan fingerprint density at radius 3 is 2.53 bits per heavy atom. The summed E-state index contributed by atoms with van der Waals surface area (Å²) in [7, 11) is -1.07. The van der Waals surface area contributed by atoms with E-state index in [0.29, 0.717) is 5.66 Å². The summed E-state index contributed by atoms with van der Waals surface area (Å²) >= 11 is 0. The van der Waals surface area contributed by atoms with Crippen molar-refractivity contribution < 1.29 is 4.39 Å². The molecule has 1 rings (SSSR count). The summed E-state index contributed by atoms with van der Waals surface area (Å²) in [6.07, 6.45) is 4.80. The van der Waals surface area contributed by atoms with E-state index in [2.05, 4.69) is 33.8 Å². The van der Waals surface area contributed by atoms with Crippen molar-refractivity contribution in [1.82, 2.24) is 0 Å². The van der Waals surface area contributed by atoms with Crippen LogP contribution < -0.4 is 0 Å². The third kappa shape index (κ3) is 2.33. The normalized spacial score (nSPS) is 32.9. The third-order valence-electron chi connectivity index (χ3n) is 3.79. The van der Waals surface area contributed by atoms with Gasteiger partial charge in [-0.3, -0.25) is 0 Å². The molecule has 15 heavy (non-hydrogen) atoms. The minimum atomic E-state index is -1.08. The van der Waals surface area contributed by atoms with Gasteiger partial charge in [-0.05, 0) is 26.8 Å². The van der Waals surface area contributed by atoms with Crippen molar-refractivity contribution in [3.8, 4) is 0 Å². The molecule has 3 atom stereocenters. The van der Waals surface area contributed by atoms with E-state index in [0.717, 1.165) is 6.16 Å². The highest BCUT2D eigenvalue weighted by molar-refractivity contribution is 7.75. The predicted octanol–water partition coefficient (Wildman–Crippen LogP) is 4.14. The fourth-order valence-corrected chi connectivity index (χ4v) is 5.06. The summed E-state index contributed by atoms with van der Waals surface area (Å²) in [6.45, 7) is 14.4. The van der Waals surface area contributed by atoms with Gasteiger partial charge in [-0.1, -0.05) is 18.2 Å². The molecule has 0 saturated carbocycles. The molecular formula is C13H23FP+. The molecule has 2 heteroatoms. The molecule has 0 bridgehead atoms. The predicted molar refractivity (Wildman–Crippen MR) is 70.1 cm³/mol. The quantitative estimate of drug-likeness (QED) is 0.502. The number of alkyl halides is 1. The van der Waals surface area contributed by atoms with Crippen molar-refractivity contribution in [1.29, 1.82) is 0 Å². The summed E-state index contributed by atoms with van der Waals surface area (Å²) in [4.78, 5) is 0. The molecule has 86 valence electrons. The maximum atomic E-state index is 14.1. The Bertz CT molecular complexity index is 289. The average Bonchev–Trinajstić information content (AvgIpc) is 2.01. The number of hydrogen-bond donors (Lipinski definition) is 0. The van der Waals surface area contributed by atoms with Gasteiger partial charge in [0.05, 0.1) is 17.7 Å². The molecule has 0 aromatic heterocycles. The molecule has 0 heterocycles. The smallest absolute Gasteiger partial charge is 0.136 e. The van der Waals surface area contributed by atoms with Crippen LogP contribution in [0.15, 0.2) is 24.3 Å². The number of hydrogen-bond acceptors (Lipinski definition) is 0. The lowest BCUT2D eigenvalue weighted by Crippen LogP contribution is -2.44. The first kappa shape index (κ1) is 12.9. The lowest BCUT2D eigenvalue weighted by molar-refractivity contribution is 0.147. The van der Waals surface area contributed by atoms with Crippen LogP contribution >= 0.6 is 7.26 Å². The lowest BCUT2D eigenvalue weighted by Gasteiger charge is -2.43. The van der Waals surface area contributed by atoms with Gasteiger partial charge < -0.3 is 0 Å². The second-order valence-corrected chi connectivity index (χ2v) is 10.2. The molecule has 0 aromatic rings. The lowest BCUT2D eigenvalue weighted by atomic mass is 9.72. The van der Waals surface area contributed by atoms with Gasteiger partial charge in [0.15, 0.2) is 0 Å². The van der Waals surface area contributed by atoms with E-state index in [-0.39, 0.29) is 5.92 Å². The maximum Gasteiger partial charge on any atom is 0.136 e. The van der Waals surface area contributed by atoms with E-state index in [9.17, 15) is 4.39 Å². The Kier molecular flexibility index (Phi) is 3.45. The Balaban J connectivity index is 2.82. The fourth-order valence-electron chi connectivity index (χ4n) is 2.73. The summed E-state index contributed by atoms with van der Waals surface area (Å²) in [5.74, 6) is 0.126. The van der Waals surface area contributed by atoms with Crippen LogP contribution in [0.25, 0.3) is 0 Å². The molecule has 0 saturated heterocycles. The van der Waals surface area contributed by atoms with Crippen molar-refractivity contribution in [3.63, 3.8) is 0 Å². The molecule has 0 fully saturated rings. The van der Waals surface area contributed by atoms with E-state index in [1.807, 2.05) is 6.08 Å². The SMILES string of the molecule is C=CC[P+](C)(C)C(C)C1C(C)=CC1(C)F. The van der Waals surface area contributed by atoms with Crippen LogP contribution in [-0.2, 0) is 0 Å². The zero-order chi connectivity index (χ0) is 11.9. The molecule has 0 nitrogen and oxygen atoms in total. The third-order valence-corrected chi connectivity index (χ3v) is 7.50. The molecule has 0 radical (unpaired) electrons. The van der Waals surface area contributed by atoms with Gasteiger partial charge in [-0.15, -0.1) is 0 Å². The molecule has 0 amide bonds. The highest BCUT2D eigenvalue weighted by Crippen LogP contribution is 2.63. The zero-order valence-electron chi connectivity index (χ0n) is 10.5. The minimum Gasteiger partial charge on any atom is -0.239 e. The zero-order valence-corrected chi connectivity index (χ0v) is 11.4. The van der Waals surface area contributed by atoms with E-state index >= 15 is 0 Å². The summed E-state index contributed by atoms with van der Waals surface area (Å²) < 4.78 is 14.1. The van der Waals surface area contributed by atoms with E-state index in [1.54, 1.807) is 13.0 Å². The van der Waals surface area contributed by atoms with Gasteiger partial charge in [0.25, 0.3) is 0 Å².